The summed E-state index contributed by atoms with van der Waals surface area (Å²) < 4.78 is 7.76. The number of hydrogen-bond acceptors (Lipinski definition) is 4. The average molecular weight is 502 g/mol. The highest BCUT2D eigenvalue weighted by Gasteiger charge is 2.23. The number of rotatable bonds is 2. The zero-order valence-corrected chi connectivity index (χ0v) is 19.3. The maximum Gasteiger partial charge on any atom is 0.419 e. The number of carboxylic acid groups (broad SMARTS) is 1. The van der Waals surface area contributed by atoms with Crippen molar-refractivity contribution in [3.05, 3.63) is 63.7 Å². The first-order valence-corrected chi connectivity index (χ1v) is 10.6. The Morgan fingerprint density at radius 3 is 2.52 bits per heavy atom. The Bertz CT molecular complexity index is 1370. The standard InChI is InChI=1S/C23H18BrClN2O4/c1-23(2,3)31-22(30)27-11-17(15-8-12(24)4-7-20(15)27)19-10-16(21(28)29)14-6-5-13(25)9-18(14)26-19/h4-11H,1-3H3,(H,28,29). The van der Waals surface area contributed by atoms with Crippen molar-refractivity contribution in [2.45, 2.75) is 26.4 Å². The number of pyridine rings is 1. The Labute approximate surface area is 191 Å². The fourth-order valence-electron chi connectivity index (χ4n) is 3.39. The van der Waals surface area contributed by atoms with Crippen LogP contribution in [0.2, 0.25) is 5.02 Å². The third kappa shape index (κ3) is 4.16. The van der Waals surface area contributed by atoms with E-state index in [0.29, 0.717) is 32.7 Å². The molecular formula is C23H18BrClN2O4. The number of carbonyl (C=O) groups excluding carboxylic acids is 1. The second-order valence-corrected chi connectivity index (χ2v) is 9.43. The molecule has 0 bridgehead atoms. The second kappa shape index (κ2) is 7.66. The smallest absolute Gasteiger partial charge is 0.419 e. The number of benzene rings is 2. The van der Waals surface area contributed by atoms with Gasteiger partial charge in [-0.05, 0) is 57.2 Å². The van der Waals surface area contributed by atoms with E-state index >= 15 is 0 Å². The molecule has 31 heavy (non-hydrogen) atoms. The van der Waals surface area contributed by atoms with E-state index in [-0.39, 0.29) is 5.56 Å². The normalized spacial score (nSPS) is 11.8. The van der Waals surface area contributed by atoms with Gasteiger partial charge in [0.2, 0.25) is 0 Å². The predicted molar refractivity (Wildman–Crippen MR) is 124 cm³/mol. The highest BCUT2D eigenvalue weighted by atomic mass is 79.9. The van der Waals surface area contributed by atoms with E-state index in [9.17, 15) is 14.7 Å². The predicted octanol–water partition coefficient (Wildman–Crippen LogP) is 6.75. The average Bonchev–Trinajstić information content (AvgIpc) is 3.04. The Hall–Kier alpha value is -2.90. The summed E-state index contributed by atoms with van der Waals surface area (Å²) in [5, 5.41) is 11.4. The van der Waals surface area contributed by atoms with Gasteiger partial charge >= 0.3 is 12.1 Å². The lowest BCUT2D eigenvalue weighted by atomic mass is 10.0. The summed E-state index contributed by atoms with van der Waals surface area (Å²) in [5.41, 5.74) is 1.53. The molecule has 6 nitrogen and oxygen atoms in total. The van der Waals surface area contributed by atoms with Crippen molar-refractivity contribution in [2.24, 2.45) is 0 Å². The number of nitrogens with zero attached hydrogens (tertiary/aromatic N) is 2. The number of aromatic carboxylic acids is 1. The molecule has 2 heterocycles. The molecule has 2 aromatic heterocycles. The summed E-state index contributed by atoms with van der Waals surface area (Å²) in [6, 6.07) is 11.9. The number of fused-ring (bicyclic) bond motifs is 2. The molecular weight excluding hydrogens is 484 g/mol. The molecule has 0 aliphatic carbocycles. The van der Waals surface area contributed by atoms with Crippen molar-refractivity contribution in [3.63, 3.8) is 0 Å². The zero-order chi connectivity index (χ0) is 22.5. The molecule has 0 fully saturated rings. The van der Waals surface area contributed by atoms with Gasteiger partial charge in [-0.15, -0.1) is 0 Å². The van der Waals surface area contributed by atoms with Crippen LogP contribution in [0.1, 0.15) is 31.1 Å². The Morgan fingerprint density at radius 1 is 1.10 bits per heavy atom. The molecule has 0 aliphatic heterocycles. The Morgan fingerprint density at radius 2 is 1.84 bits per heavy atom. The summed E-state index contributed by atoms with van der Waals surface area (Å²) in [7, 11) is 0. The third-order valence-electron chi connectivity index (χ3n) is 4.63. The number of hydrogen-bond donors (Lipinski definition) is 1. The van der Waals surface area contributed by atoms with Gasteiger partial charge < -0.3 is 9.84 Å². The molecule has 0 saturated carbocycles. The van der Waals surface area contributed by atoms with Crippen molar-refractivity contribution in [1.82, 2.24) is 9.55 Å². The summed E-state index contributed by atoms with van der Waals surface area (Å²) in [4.78, 5) is 29.4. The van der Waals surface area contributed by atoms with E-state index in [0.717, 1.165) is 9.86 Å². The molecule has 4 aromatic rings. The minimum absolute atomic E-state index is 0.102. The van der Waals surface area contributed by atoms with E-state index in [1.54, 1.807) is 51.2 Å². The number of aromatic nitrogens is 2. The molecule has 8 heteroatoms. The minimum Gasteiger partial charge on any atom is -0.478 e. The summed E-state index contributed by atoms with van der Waals surface area (Å²) in [6.07, 6.45) is 1.09. The monoisotopic (exact) mass is 500 g/mol. The lowest BCUT2D eigenvalue weighted by molar-refractivity contribution is 0.0544. The van der Waals surface area contributed by atoms with Gasteiger partial charge in [0, 0.05) is 32.0 Å². The Kier molecular flexibility index (Phi) is 5.27. The van der Waals surface area contributed by atoms with Crippen LogP contribution in [-0.2, 0) is 4.74 Å². The number of ether oxygens (including phenoxy) is 1. The molecule has 1 N–H and O–H groups in total. The lowest BCUT2D eigenvalue weighted by Crippen LogP contribution is -2.26. The molecule has 4 rings (SSSR count). The van der Waals surface area contributed by atoms with Gasteiger partial charge in [-0.1, -0.05) is 33.6 Å². The van der Waals surface area contributed by atoms with Gasteiger partial charge in [-0.3, -0.25) is 4.57 Å². The van der Waals surface area contributed by atoms with Crippen LogP contribution in [-0.4, -0.2) is 32.3 Å². The van der Waals surface area contributed by atoms with E-state index in [1.165, 1.54) is 10.6 Å². The quantitative estimate of drug-likeness (QED) is 0.328. The molecule has 0 aliphatic rings. The molecule has 0 unspecified atom stereocenters. The molecule has 0 atom stereocenters. The molecule has 2 aromatic carbocycles. The lowest BCUT2D eigenvalue weighted by Gasteiger charge is -2.19. The van der Waals surface area contributed by atoms with Crippen molar-refractivity contribution in [3.8, 4) is 11.3 Å². The van der Waals surface area contributed by atoms with Gasteiger partial charge in [0.25, 0.3) is 0 Å². The van der Waals surface area contributed by atoms with Gasteiger partial charge in [0.1, 0.15) is 5.60 Å². The number of carboxylic acids is 1. The topological polar surface area (TPSA) is 81.4 Å². The van der Waals surface area contributed by atoms with Crippen LogP contribution in [0.25, 0.3) is 33.1 Å². The van der Waals surface area contributed by atoms with E-state index in [2.05, 4.69) is 20.9 Å². The van der Waals surface area contributed by atoms with Gasteiger partial charge in [-0.25, -0.2) is 14.6 Å². The van der Waals surface area contributed by atoms with E-state index < -0.39 is 17.7 Å². The minimum atomic E-state index is -1.08. The van der Waals surface area contributed by atoms with E-state index in [4.69, 9.17) is 16.3 Å². The van der Waals surface area contributed by atoms with Crippen LogP contribution in [0.4, 0.5) is 4.79 Å². The fraction of sp³-hybridized carbons (Fsp3) is 0.174. The third-order valence-corrected chi connectivity index (χ3v) is 5.36. The Balaban J connectivity index is 2.00. The molecule has 0 spiro atoms. The fourth-order valence-corrected chi connectivity index (χ4v) is 3.91. The van der Waals surface area contributed by atoms with Crippen LogP contribution in [0.15, 0.2) is 53.1 Å². The SMILES string of the molecule is CC(C)(C)OC(=O)n1cc(-c2cc(C(=O)O)c3ccc(Cl)cc3n2)c2cc(Br)ccc21. The van der Waals surface area contributed by atoms with Crippen LogP contribution in [0.3, 0.4) is 0 Å². The van der Waals surface area contributed by atoms with Crippen LogP contribution < -0.4 is 0 Å². The number of carbonyl (C=O) groups is 2. The zero-order valence-electron chi connectivity index (χ0n) is 16.9. The first-order chi connectivity index (χ1) is 14.5. The second-order valence-electron chi connectivity index (χ2n) is 8.08. The summed E-state index contributed by atoms with van der Waals surface area (Å²) >= 11 is 9.58. The van der Waals surface area contributed by atoms with Crippen LogP contribution in [0.5, 0.6) is 0 Å². The highest BCUT2D eigenvalue weighted by Crippen LogP contribution is 2.34. The largest absolute Gasteiger partial charge is 0.478 e. The van der Waals surface area contributed by atoms with Crippen molar-refractivity contribution in [2.75, 3.05) is 0 Å². The first kappa shape index (κ1) is 21.3. The molecule has 0 saturated heterocycles. The number of halogens is 2. The van der Waals surface area contributed by atoms with Crippen molar-refractivity contribution in [1.29, 1.82) is 0 Å². The van der Waals surface area contributed by atoms with Gasteiger partial charge in [-0.2, -0.15) is 0 Å². The molecule has 0 amide bonds. The molecule has 158 valence electrons. The first-order valence-electron chi connectivity index (χ1n) is 9.41. The van der Waals surface area contributed by atoms with Gasteiger partial charge in [0.15, 0.2) is 0 Å². The van der Waals surface area contributed by atoms with Crippen molar-refractivity contribution < 1.29 is 19.4 Å². The summed E-state index contributed by atoms with van der Waals surface area (Å²) in [6.45, 7) is 5.38. The van der Waals surface area contributed by atoms with Crippen molar-refractivity contribution >= 4 is 61.4 Å². The maximum atomic E-state index is 12.8. The van der Waals surface area contributed by atoms with Gasteiger partial charge in [0.05, 0.1) is 22.3 Å². The van der Waals surface area contributed by atoms with E-state index in [1.807, 2.05) is 12.1 Å². The highest BCUT2D eigenvalue weighted by molar-refractivity contribution is 9.10. The summed E-state index contributed by atoms with van der Waals surface area (Å²) in [5.74, 6) is -1.08. The van der Waals surface area contributed by atoms with Crippen LogP contribution in [0, 0.1) is 0 Å². The maximum absolute atomic E-state index is 12.8. The van der Waals surface area contributed by atoms with Crippen LogP contribution >= 0.6 is 27.5 Å². The molecule has 0 radical (unpaired) electrons.